The van der Waals surface area contributed by atoms with Crippen molar-refractivity contribution in [1.29, 1.82) is 0 Å². The molecule has 6 heteroatoms. The molecule has 0 aliphatic heterocycles. The van der Waals surface area contributed by atoms with E-state index in [0.717, 1.165) is 7.11 Å². The lowest BCUT2D eigenvalue weighted by Gasteiger charge is -2.03. The molecule has 0 aromatic rings. The fraction of sp³-hybridized carbons (Fsp3) is 1.00. The van der Waals surface area contributed by atoms with E-state index in [9.17, 15) is 8.42 Å². The van der Waals surface area contributed by atoms with Gasteiger partial charge in [0.15, 0.2) is 0 Å². The van der Waals surface area contributed by atoms with Crippen LogP contribution in [0.5, 0.6) is 0 Å². The van der Waals surface area contributed by atoms with Gasteiger partial charge in [0.1, 0.15) is 6.23 Å². The minimum absolute atomic E-state index is 0.866. The van der Waals surface area contributed by atoms with Crippen molar-refractivity contribution < 1.29 is 16.8 Å². The smallest absolute Gasteiger partial charge is 0.305 e. The van der Waals surface area contributed by atoms with Crippen LogP contribution in [0.4, 0.5) is 0 Å². The van der Waals surface area contributed by atoms with E-state index in [1.54, 1.807) is 0 Å². The van der Waals surface area contributed by atoms with Gasteiger partial charge in [0.2, 0.25) is 0 Å². The third-order valence-electron chi connectivity index (χ3n) is 0.474. The van der Waals surface area contributed by atoms with Crippen molar-refractivity contribution in [2.75, 3.05) is 7.11 Å². The molecule has 0 saturated carbocycles. The van der Waals surface area contributed by atoms with Crippen molar-refractivity contribution in [2.45, 2.75) is 13.2 Å². The molecule has 0 aromatic carbocycles. The molecule has 0 fully saturated rings. The summed E-state index contributed by atoms with van der Waals surface area (Å²) < 4.78 is 28.6. The maximum atomic E-state index is 10.3. The van der Waals surface area contributed by atoms with E-state index >= 15 is 0 Å². The van der Waals surface area contributed by atoms with Crippen LogP contribution in [0.3, 0.4) is 0 Å². The topological polar surface area (TPSA) is 78.6 Å². The van der Waals surface area contributed by atoms with Gasteiger partial charge in [-0.05, 0) is 6.92 Å². The number of hydrogen-bond donors (Lipinski definition) is 1. The van der Waals surface area contributed by atoms with E-state index in [-0.39, 0.29) is 0 Å². The van der Waals surface area contributed by atoms with Crippen molar-refractivity contribution in [2.24, 2.45) is 5.73 Å². The normalized spacial score (nSPS) is 15.4. The minimum Gasteiger partial charge on any atom is -0.305 e. The molecule has 9 heavy (non-hydrogen) atoms. The first-order valence-corrected chi connectivity index (χ1v) is 3.55. The third-order valence-corrected chi connectivity index (χ3v) is 1.42. The molecule has 0 amide bonds. The van der Waals surface area contributed by atoms with Crippen LogP contribution in [-0.2, 0) is 18.8 Å². The summed E-state index contributed by atoms with van der Waals surface area (Å²) >= 11 is 0. The van der Waals surface area contributed by atoms with E-state index in [1.807, 2.05) is 0 Å². The summed E-state index contributed by atoms with van der Waals surface area (Å²) in [5, 5.41) is 0. The molecule has 0 rings (SSSR count). The molecule has 2 N–H and O–H groups in total. The first kappa shape index (κ1) is 8.83. The molecule has 0 aliphatic carbocycles. The standard InChI is InChI=1S/C3H9NO4S/c1-3(4)8-9(5,6)7-2/h3H,4H2,1-2H3. The fourth-order valence-corrected chi connectivity index (χ4v) is 0.676. The molecule has 0 bridgehead atoms. The van der Waals surface area contributed by atoms with Crippen LogP contribution in [0.25, 0.3) is 0 Å². The summed E-state index contributed by atoms with van der Waals surface area (Å²) in [6.45, 7) is 1.39. The lowest BCUT2D eigenvalue weighted by Crippen LogP contribution is -2.23. The molecule has 0 heterocycles. The minimum atomic E-state index is -3.84. The van der Waals surface area contributed by atoms with Crippen LogP contribution >= 0.6 is 0 Å². The molecule has 0 saturated heterocycles. The van der Waals surface area contributed by atoms with E-state index < -0.39 is 16.6 Å². The zero-order chi connectivity index (χ0) is 7.49. The highest BCUT2D eigenvalue weighted by Gasteiger charge is 2.10. The predicted molar refractivity (Wildman–Crippen MR) is 30.7 cm³/mol. The second-order valence-corrected chi connectivity index (χ2v) is 2.72. The van der Waals surface area contributed by atoms with Gasteiger partial charge < -0.3 is 5.73 Å². The van der Waals surface area contributed by atoms with Crippen LogP contribution in [0.1, 0.15) is 6.92 Å². The monoisotopic (exact) mass is 155 g/mol. The molecule has 5 nitrogen and oxygen atoms in total. The molecule has 0 aliphatic rings. The van der Waals surface area contributed by atoms with Crippen LogP contribution in [0.15, 0.2) is 0 Å². The molecular weight excluding hydrogens is 146 g/mol. The van der Waals surface area contributed by atoms with Gasteiger partial charge in [-0.25, -0.2) is 4.18 Å². The summed E-state index contributed by atoms with van der Waals surface area (Å²) in [5.41, 5.74) is 4.97. The Morgan fingerprint density at radius 1 is 1.56 bits per heavy atom. The predicted octanol–water partition coefficient (Wildman–Crippen LogP) is -0.801. The Balaban J connectivity index is 3.90. The first-order chi connectivity index (χ1) is 3.98. The summed E-state index contributed by atoms with van der Waals surface area (Å²) in [5.74, 6) is 0. The number of rotatable bonds is 3. The van der Waals surface area contributed by atoms with Crippen molar-refractivity contribution in [3.05, 3.63) is 0 Å². The Morgan fingerprint density at radius 2 is 2.00 bits per heavy atom. The maximum absolute atomic E-state index is 10.3. The Morgan fingerprint density at radius 3 is 2.11 bits per heavy atom. The summed E-state index contributed by atoms with van der Waals surface area (Å²) in [6.07, 6.45) is -0.866. The zero-order valence-electron chi connectivity index (χ0n) is 5.20. The summed E-state index contributed by atoms with van der Waals surface area (Å²) in [6, 6.07) is 0. The Hall–Kier alpha value is -0.170. The van der Waals surface area contributed by atoms with Gasteiger partial charge in [-0.15, -0.1) is 0 Å². The largest absolute Gasteiger partial charge is 0.401 e. The van der Waals surface area contributed by atoms with E-state index in [2.05, 4.69) is 8.37 Å². The van der Waals surface area contributed by atoms with Crippen molar-refractivity contribution in [1.82, 2.24) is 0 Å². The highest BCUT2D eigenvalue weighted by Crippen LogP contribution is 1.94. The highest BCUT2D eigenvalue weighted by atomic mass is 32.3. The molecular formula is C3H9NO4S. The third kappa shape index (κ3) is 4.34. The number of nitrogens with two attached hydrogens (primary N) is 1. The van der Waals surface area contributed by atoms with Crippen LogP contribution < -0.4 is 5.73 Å². The molecule has 1 atom stereocenters. The molecule has 56 valence electrons. The van der Waals surface area contributed by atoms with Crippen LogP contribution in [-0.4, -0.2) is 21.8 Å². The Labute approximate surface area is 54.1 Å². The van der Waals surface area contributed by atoms with Gasteiger partial charge in [-0.2, -0.15) is 8.42 Å². The van der Waals surface area contributed by atoms with Gasteiger partial charge in [0.25, 0.3) is 0 Å². The highest BCUT2D eigenvalue weighted by molar-refractivity contribution is 7.81. The SMILES string of the molecule is COS(=O)(=O)OC(C)N. The first-order valence-electron chi connectivity index (χ1n) is 2.22. The lowest BCUT2D eigenvalue weighted by atomic mass is 10.7. The van der Waals surface area contributed by atoms with Gasteiger partial charge in [-0.3, -0.25) is 4.18 Å². The van der Waals surface area contributed by atoms with Gasteiger partial charge in [0, 0.05) is 0 Å². The average Bonchev–Trinajstić information content (AvgIpc) is 1.63. The molecule has 0 aromatic heterocycles. The zero-order valence-corrected chi connectivity index (χ0v) is 6.01. The van der Waals surface area contributed by atoms with Gasteiger partial charge in [0.05, 0.1) is 7.11 Å². The molecule has 0 radical (unpaired) electrons. The van der Waals surface area contributed by atoms with Crippen molar-refractivity contribution >= 4 is 10.4 Å². The second-order valence-electron chi connectivity index (χ2n) is 1.38. The molecule has 0 spiro atoms. The fourth-order valence-electron chi connectivity index (χ4n) is 0.225. The Kier molecular flexibility index (Phi) is 3.06. The number of hydrogen-bond acceptors (Lipinski definition) is 5. The quantitative estimate of drug-likeness (QED) is 0.540. The van der Waals surface area contributed by atoms with Crippen LogP contribution in [0, 0.1) is 0 Å². The van der Waals surface area contributed by atoms with Gasteiger partial charge in [-0.1, -0.05) is 0 Å². The van der Waals surface area contributed by atoms with E-state index in [1.165, 1.54) is 6.92 Å². The van der Waals surface area contributed by atoms with Crippen molar-refractivity contribution in [3.63, 3.8) is 0 Å². The lowest BCUT2D eigenvalue weighted by molar-refractivity contribution is 0.189. The van der Waals surface area contributed by atoms with E-state index in [0.29, 0.717) is 0 Å². The van der Waals surface area contributed by atoms with E-state index in [4.69, 9.17) is 5.73 Å². The van der Waals surface area contributed by atoms with Crippen LogP contribution in [0.2, 0.25) is 0 Å². The van der Waals surface area contributed by atoms with Gasteiger partial charge >= 0.3 is 10.4 Å². The summed E-state index contributed by atoms with van der Waals surface area (Å²) in [4.78, 5) is 0. The average molecular weight is 155 g/mol. The molecule has 1 unspecified atom stereocenters. The maximum Gasteiger partial charge on any atom is 0.401 e. The summed E-state index contributed by atoms with van der Waals surface area (Å²) in [7, 11) is -2.85. The second kappa shape index (κ2) is 3.11. The Bertz CT molecular complexity index is 161. The van der Waals surface area contributed by atoms with Crippen molar-refractivity contribution in [3.8, 4) is 0 Å².